The standard InChI is InChI=1S/C30H26N6O9/c1-36-22-11-16(4-6-19(22)34-25(36)12-24-32-18-5-3-15(27(31)39)10-20(18)33-24)28(40)35-21(30(43)44)9-14-2-7-23(45-13-26(37)38)17(8-14)29(41)42/h2-8,10-11,21H,9,12-13H2,1H3,(H2,31,39)(H,32,33)(H,35,40)(H,37,38)(H,41,42)(H,43,44)/t21-/m0/s1. The zero-order valence-electron chi connectivity index (χ0n) is 23.6. The summed E-state index contributed by atoms with van der Waals surface area (Å²) in [5.41, 5.74) is 8.32. The summed E-state index contributed by atoms with van der Waals surface area (Å²) in [6.07, 6.45) is 0.0595. The molecule has 2 heterocycles. The molecule has 2 aromatic heterocycles. The van der Waals surface area contributed by atoms with E-state index in [9.17, 15) is 34.2 Å². The van der Waals surface area contributed by atoms with Crippen LogP contribution in [-0.4, -0.2) is 77.2 Å². The Morgan fingerprint density at radius 1 is 0.956 bits per heavy atom. The van der Waals surface area contributed by atoms with Gasteiger partial charge in [-0.25, -0.2) is 24.4 Å². The molecule has 0 aliphatic rings. The first-order valence-corrected chi connectivity index (χ1v) is 13.4. The highest BCUT2D eigenvalue weighted by Gasteiger charge is 2.24. The highest BCUT2D eigenvalue weighted by molar-refractivity contribution is 5.99. The van der Waals surface area contributed by atoms with Crippen LogP contribution in [0.4, 0.5) is 0 Å². The number of rotatable bonds is 12. The van der Waals surface area contributed by atoms with E-state index in [0.717, 1.165) is 0 Å². The fourth-order valence-electron chi connectivity index (χ4n) is 4.80. The van der Waals surface area contributed by atoms with Crippen molar-refractivity contribution in [3.63, 3.8) is 0 Å². The summed E-state index contributed by atoms with van der Waals surface area (Å²) in [6, 6.07) is 12.0. The van der Waals surface area contributed by atoms with E-state index in [1.54, 1.807) is 41.9 Å². The zero-order valence-corrected chi connectivity index (χ0v) is 23.6. The lowest BCUT2D eigenvalue weighted by Crippen LogP contribution is -2.42. The maximum atomic E-state index is 13.1. The summed E-state index contributed by atoms with van der Waals surface area (Å²) in [7, 11) is 1.77. The topological polar surface area (TPSA) is 240 Å². The number of aromatic amines is 1. The number of nitrogens with two attached hydrogens (primary N) is 1. The molecule has 230 valence electrons. The Labute approximate surface area is 253 Å². The van der Waals surface area contributed by atoms with Crippen LogP contribution in [0.15, 0.2) is 54.6 Å². The number of aliphatic carboxylic acids is 2. The predicted molar refractivity (Wildman–Crippen MR) is 157 cm³/mol. The molecule has 5 rings (SSSR count). The van der Waals surface area contributed by atoms with Crippen molar-refractivity contribution in [1.82, 2.24) is 24.8 Å². The van der Waals surface area contributed by atoms with Gasteiger partial charge in [-0.3, -0.25) is 9.59 Å². The maximum Gasteiger partial charge on any atom is 0.341 e. The number of imidazole rings is 2. The summed E-state index contributed by atoms with van der Waals surface area (Å²) in [5, 5.41) is 30.6. The molecule has 0 aliphatic carbocycles. The quantitative estimate of drug-likeness (QED) is 0.118. The van der Waals surface area contributed by atoms with Gasteiger partial charge in [0.05, 0.1) is 28.5 Å². The number of carbonyl (C=O) groups is 5. The van der Waals surface area contributed by atoms with Crippen molar-refractivity contribution in [2.24, 2.45) is 12.8 Å². The van der Waals surface area contributed by atoms with Crippen molar-refractivity contribution >= 4 is 51.8 Å². The third-order valence-corrected chi connectivity index (χ3v) is 7.05. The van der Waals surface area contributed by atoms with E-state index < -0.39 is 42.4 Å². The molecule has 0 fully saturated rings. The first-order chi connectivity index (χ1) is 21.4. The lowest BCUT2D eigenvalue weighted by molar-refractivity contribution is -0.140. The van der Waals surface area contributed by atoms with Gasteiger partial charge in [0, 0.05) is 24.6 Å². The van der Waals surface area contributed by atoms with Crippen LogP contribution < -0.4 is 15.8 Å². The van der Waals surface area contributed by atoms with E-state index in [-0.39, 0.29) is 28.9 Å². The molecule has 0 spiro atoms. The first kappa shape index (κ1) is 30.2. The van der Waals surface area contributed by atoms with Crippen LogP contribution in [0.25, 0.3) is 22.1 Å². The Morgan fingerprint density at radius 2 is 1.69 bits per heavy atom. The fourth-order valence-corrected chi connectivity index (χ4v) is 4.80. The number of H-pyrrole nitrogens is 1. The van der Waals surface area contributed by atoms with Crippen LogP contribution in [0, 0.1) is 0 Å². The second-order valence-electron chi connectivity index (χ2n) is 10.1. The first-order valence-electron chi connectivity index (χ1n) is 13.4. The molecule has 0 saturated heterocycles. The number of aromatic carboxylic acids is 1. The number of ether oxygens (including phenoxy) is 1. The number of hydrogen-bond acceptors (Lipinski definition) is 8. The number of aromatic nitrogens is 4. The lowest BCUT2D eigenvalue weighted by Gasteiger charge is -2.16. The summed E-state index contributed by atoms with van der Waals surface area (Å²) >= 11 is 0. The van der Waals surface area contributed by atoms with Gasteiger partial charge in [-0.1, -0.05) is 6.07 Å². The van der Waals surface area contributed by atoms with Gasteiger partial charge in [-0.05, 0) is 54.1 Å². The van der Waals surface area contributed by atoms with Crippen molar-refractivity contribution < 1.29 is 44.0 Å². The fraction of sp³-hybridized carbons (Fsp3) is 0.167. The summed E-state index contributed by atoms with van der Waals surface area (Å²) in [6.45, 7) is -0.755. The molecule has 0 saturated carbocycles. The second kappa shape index (κ2) is 12.2. The molecule has 45 heavy (non-hydrogen) atoms. The van der Waals surface area contributed by atoms with Crippen LogP contribution >= 0.6 is 0 Å². The van der Waals surface area contributed by atoms with Gasteiger partial charge in [-0.2, -0.15) is 0 Å². The van der Waals surface area contributed by atoms with Gasteiger partial charge >= 0.3 is 17.9 Å². The molecule has 15 heteroatoms. The molecule has 1 atom stereocenters. The number of amides is 2. The molecule has 3 aromatic carbocycles. The molecule has 7 N–H and O–H groups in total. The summed E-state index contributed by atoms with van der Waals surface area (Å²) in [5.74, 6) is -4.22. The zero-order chi connectivity index (χ0) is 32.4. The molecule has 15 nitrogen and oxygen atoms in total. The number of fused-ring (bicyclic) bond motifs is 2. The van der Waals surface area contributed by atoms with Gasteiger partial charge in [-0.15, -0.1) is 0 Å². The number of nitrogens with one attached hydrogen (secondary N) is 2. The minimum atomic E-state index is -1.41. The minimum Gasteiger partial charge on any atom is -0.481 e. The molecule has 0 aliphatic heterocycles. The number of carboxylic acid groups (broad SMARTS) is 3. The molecule has 0 radical (unpaired) electrons. The van der Waals surface area contributed by atoms with Crippen molar-refractivity contribution in [2.75, 3.05) is 6.61 Å². The number of carboxylic acids is 3. The Kier molecular flexibility index (Phi) is 8.17. The van der Waals surface area contributed by atoms with Crippen LogP contribution in [-0.2, 0) is 29.5 Å². The van der Waals surface area contributed by atoms with E-state index in [1.165, 1.54) is 24.3 Å². The third-order valence-electron chi connectivity index (χ3n) is 7.05. The van der Waals surface area contributed by atoms with Crippen molar-refractivity contribution in [2.45, 2.75) is 18.9 Å². The van der Waals surface area contributed by atoms with Crippen molar-refractivity contribution in [3.8, 4) is 5.75 Å². The third kappa shape index (κ3) is 6.56. The number of carbonyl (C=O) groups excluding carboxylic acids is 2. The lowest BCUT2D eigenvalue weighted by atomic mass is 10.0. The average molecular weight is 615 g/mol. The van der Waals surface area contributed by atoms with E-state index in [0.29, 0.717) is 45.7 Å². The van der Waals surface area contributed by atoms with Crippen LogP contribution in [0.1, 0.15) is 48.3 Å². The van der Waals surface area contributed by atoms with Gasteiger partial charge in [0.25, 0.3) is 5.91 Å². The molecule has 2 amide bonds. The number of hydrogen-bond donors (Lipinski definition) is 6. The van der Waals surface area contributed by atoms with Gasteiger partial charge < -0.3 is 40.7 Å². The highest BCUT2D eigenvalue weighted by atomic mass is 16.5. The Hall–Kier alpha value is -6.25. The SMILES string of the molecule is Cn1c(Cc2nc3ccc(C(N)=O)cc3[nH]2)nc2ccc(C(=O)N[C@@H](Cc3ccc(OCC(=O)O)c(C(=O)O)c3)C(=O)O)cc21. The summed E-state index contributed by atoms with van der Waals surface area (Å²) in [4.78, 5) is 71.5. The number of aryl methyl sites for hydroxylation is 1. The highest BCUT2D eigenvalue weighted by Crippen LogP contribution is 2.23. The second-order valence-corrected chi connectivity index (χ2v) is 10.1. The van der Waals surface area contributed by atoms with Gasteiger partial charge in [0.1, 0.15) is 29.0 Å². The van der Waals surface area contributed by atoms with Crippen LogP contribution in [0.3, 0.4) is 0 Å². The predicted octanol–water partition coefficient (Wildman–Crippen LogP) is 1.73. The molecule has 0 bridgehead atoms. The Morgan fingerprint density at radius 3 is 2.38 bits per heavy atom. The normalized spacial score (nSPS) is 11.8. The van der Waals surface area contributed by atoms with E-state index in [4.69, 9.17) is 15.6 Å². The minimum absolute atomic E-state index is 0.176. The van der Waals surface area contributed by atoms with E-state index >= 15 is 0 Å². The van der Waals surface area contributed by atoms with Gasteiger partial charge in [0.15, 0.2) is 6.61 Å². The average Bonchev–Trinajstić information content (AvgIpc) is 3.54. The Balaban J connectivity index is 1.33. The van der Waals surface area contributed by atoms with E-state index in [2.05, 4.69) is 20.3 Å². The van der Waals surface area contributed by atoms with Gasteiger partial charge in [0.2, 0.25) is 5.91 Å². The molecule has 5 aromatic rings. The molecular weight excluding hydrogens is 588 g/mol. The van der Waals surface area contributed by atoms with E-state index in [1.807, 2.05) is 0 Å². The van der Waals surface area contributed by atoms with Crippen LogP contribution in [0.2, 0.25) is 0 Å². The van der Waals surface area contributed by atoms with Crippen molar-refractivity contribution in [3.05, 3.63) is 88.5 Å². The Bertz CT molecular complexity index is 2010. The number of primary amides is 1. The molecular formula is C30H26N6O9. The smallest absolute Gasteiger partial charge is 0.341 e. The van der Waals surface area contributed by atoms with Crippen molar-refractivity contribution in [1.29, 1.82) is 0 Å². The number of benzene rings is 3. The summed E-state index contributed by atoms with van der Waals surface area (Å²) < 4.78 is 6.78. The largest absolute Gasteiger partial charge is 0.481 e. The number of nitrogens with zero attached hydrogens (tertiary/aromatic N) is 3. The molecule has 0 unspecified atom stereocenters. The monoisotopic (exact) mass is 614 g/mol. The maximum absolute atomic E-state index is 13.1. The van der Waals surface area contributed by atoms with Crippen LogP contribution in [0.5, 0.6) is 5.75 Å².